The standard InChI is InChI=1S/C56H36N4/c1-3-21-47-38(12-1)14-9-23-49(47)40-29-27-37(28-30-40)41-16-7-19-44(34-41)54-58-55(45-20-8-17-42(35-45)50-24-10-15-39-13-2-4-22-48(39)50)60-56(59-54)46-31-32-51-43(36-46)18-11-25-52(51)53-26-5-6-33-57-53/h1-36H. The summed E-state index contributed by atoms with van der Waals surface area (Å²) in [6.45, 7) is 0. The van der Waals surface area contributed by atoms with Crippen LogP contribution in [-0.2, 0) is 0 Å². The summed E-state index contributed by atoms with van der Waals surface area (Å²) >= 11 is 0. The molecule has 4 heteroatoms. The third kappa shape index (κ3) is 6.56. The Bertz CT molecular complexity index is 3360. The molecule has 0 aliphatic carbocycles. The largest absolute Gasteiger partial charge is 0.256 e. The van der Waals surface area contributed by atoms with Gasteiger partial charge in [0.2, 0.25) is 0 Å². The summed E-state index contributed by atoms with van der Waals surface area (Å²) in [6, 6.07) is 74.7. The summed E-state index contributed by atoms with van der Waals surface area (Å²) in [4.78, 5) is 20.2. The average Bonchev–Trinajstić information content (AvgIpc) is 3.33. The van der Waals surface area contributed by atoms with Crippen LogP contribution >= 0.6 is 0 Å². The zero-order valence-corrected chi connectivity index (χ0v) is 32.6. The van der Waals surface area contributed by atoms with E-state index in [9.17, 15) is 0 Å². The van der Waals surface area contributed by atoms with Crippen molar-refractivity contribution in [3.63, 3.8) is 0 Å². The highest BCUT2D eigenvalue weighted by molar-refractivity contribution is 5.99. The lowest BCUT2D eigenvalue weighted by molar-refractivity contribution is 1.07. The molecule has 9 aromatic carbocycles. The number of pyridine rings is 1. The zero-order chi connectivity index (χ0) is 39.8. The van der Waals surface area contributed by atoms with Crippen LogP contribution in [0, 0.1) is 0 Å². The fourth-order valence-electron chi connectivity index (χ4n) is 8.39. The first-order valence-corrected chi connectivity index (χ1v) is 20.2. The van der Waals surface area contributed by atoms with Crippen molar-refractivity contribution in [1.29, 1.82) is 0 Å². The van der Waals surface area contributed by atoms with Crippen LogP contribution in [0.2, 0.25) is 0 Å². The van der Waals surface area contributed by atoms with E-state index in [-0.39, 0.29) is 0 Å². The van der Waals surface area contributed by atoms with Gasteiger partial charge in [-0.25, -0.2) is 15.0 Å². The molecule has 0 saturated heterocycles. The molecule has 0 aliphatic rings. The molecule has 0 bridgehead atoms. The van der Waals surface area contributed by atoms with Crippen LogP contribution in [0.15, 0.2) is 219 Å². The molecule has 0 amide bonds. The molecule has 0 radical (unpaired) electrons. The number of nitrogens with zero attached hydrogens (tertiary/aromatic N) is 4. The van der Waals surface area contributed by atoms with E-state index in [0.717, 1.165) is 55.4 Å². The minimum Gasteiger partial charge on any atom is -0.256 e. The molecule has 11 aromatic rings. The normalized spacial score (nSPS) is 11.3. The Balaban J connectivity index is 1.02. The summed E-state index contributed by atoms with van der Waals surface area (Å²) in [7, 11) is 0. The number of aromatic nitrogens is 4. The first kappa shape index (κ1) is 35.1. The second kappa shape index (κ2) is 15.0. The van der Waals surface area contributed by atoms with Gasteiger partial charge in [-0.15, -0.1) is 0 Å². The van der Waals surface area contributed by atoms with Crippen molar-refractivity contribution in [2.45, 2.75) is 0 Å². The predicted octanol–water partition coefficient (Wildman–Crippen LogP) is 14.4. The van der Waals surface area contributed by atoms with E-state index in [0.29, 0.717) is 17.5 Å². The Morgan fingerprint density at radius 2 is 0.700 bits per heavy atom. The van der Waals surface area contributed by atoms with Crippen molar-refractivity contribution in [2.75, 3.05) is 0 Å². The van der Waals surface area contributed by atoms with Gasteiger partial charge in [0.1, 0.15) is 0 Å². The predicted molar refractivity (Wildman–Crippen MR) is 248 cm³/mol. The highest BCUT2D eigenvalue weighted by Crippen LogP contribution is 2.36. The van der Waals surface area contributed by atoms with Crippen molar-refractivity contribution < 1.29 is 0 Å². The molecule has 2 heterocycles. The van der Waals surface area contributed by atoms with E-state index >= 15 is 0 Å². The Morgan fingerprint density at radius 3 is 1.35 bits per heavy atom. The minimum absolute atomic E-state index is 0.612. The van der Waals surface area contributed by atoms with Gasteiger partial charge in [-0.3, -0.25) is 4.98 Å². The van der Waals surface area contributed by atoms with E-state index in [2.05, 4.69) is 199 Å². The molecule has 0 N–H and O–H groups in total. The molecule has 0 atom stereocenters. The van der Waals surface area contributed by atoms with Crippen molar-refractivity contribution in [3.05, 3.63) is 219 Å². The maximum absolute atomic E-state index is 5.20. The van der Waals surface area contributed by atoms with Gasteiger partial charge >= 0.3 is 0 Å². The maximum Gasteiger partial charge on any atom is 0.164 e. The Morgan fingerprint density at radius 1 is 0.250 bits per heavy atom. The molecule has 0 unspecified atom stereocenters. The highest BCUT2D eigenvalue weighted by atomic mass is 15.0. The lowest BCUT2D eigenvalue weighted by atomic mass is 9.96. The van der Waals surface area contributed by atoms with Gasteiger partial charge in [-0.1, -0.05) is 182 Å². The molecule has 4 nitrogen and oxygen atoms in total. The van der Waals surface area contributed by atoms with Gasteiger partial charge in [0.15, 0.2) is 17.5 Å². The van der Waals surface area contributed by atoms with Crippen LogP contribution in [-0.4, -0.2) is 19.9 Å². The highest BCUT2D eigenvalue weighted by Gasteiger charge is 2.16. The molecule has 280 valence electrons. The smallest absolute Gasteiger partial charge is 0.164 e. The Kier molecular flexibility index (Phi) is 8.79. The second-order valence-corrected chi connectivity index (χ2v) is 15.1. The molecule has 0 fully saturated rings. The zero-order valence-electron chi connectivity index (χ0n) is 32.6. The maximum atomic E-state index is 5.20. The van der Waals surface area contributed by atoms with Crippen molar-refractivity contribution in [1.82, 2.24) is 19.9 Å². The number of fused-ring (bicyclic) bond motifs is 3. The van der Waals surface area contributed by atoms with Gasteiger partial charge in [0.05, 0.1) is 5.69 Å². The monoisotopic (exact) mass is 764 g/mol. The van der Waals surface area contributed by atoms with Crippen molar-refractivity contribution in [3.8, 4) is 78.8 Å². The Hall–Kier alpha value is -8.08. The fraction of sp³-hybridized carbons (Fsp3) is 0. The first-order chi connectivity index (χ1) is 29.7. The van der Waals surface area contributed by atoms with Gasteiger partial charge in [0, 0.05) is 28.5 Å². The van der Waals surface area contributed by atoms with Gasteiger partial charge in [-0.05, 0) is 96.0 Å². The number of benzene rings is 9. The molecule has 0 saturated carbocycles. The van der Waals surface area contributed by atoms with E-state index in [4.69, 9.17) is 15.0 Å². The van der Waals surface area contributed by atoms with Crippen LogP contribution < -0.4 is 0 Å². The number of hydrogen-bond donors (Lipinski definition) is 0. The molecule has 0 spiro atoms. The summed E-state index contributed by atoms with van der Waals surface area (Å²) in [5.74, 6) is 1.84. The summed E-state index contributed by atoms with van der Waals surface area (Å²) in [5, 5.41) is 7.11. The van der Waals surface area contributed by atoms with Crippen LogP contribution in [0.1, 0.15) is 0 Å². The van der Waals surface area contributed by atoms with Crippen molar-refractivity contribution >= 4 is 32.3 Å². The van der Waals surface area contributed by atoms with Crippen LogP contribution in [0.4, 0.5) is 0 Å². The summed E-state index contributed by atoms with van der Waals surface area (Å²) in [6.07, 6.45) is 1.84. The molecular formula is C56H36N4. The van der Waals surface area contributed by atoms with Crippen LogP contribution in [0.3, 0.4) is 0 Å². The number of hydrogen-bond acceptors (Lipinski definition) is 4. The Labute approximate surface area is 348 Å². The minimum atomic E-state index is 0.612. The van der Waals surface area contributed by atoms with Gasteiger partial charge in [0.25, 0.3) is 0 Å². The molecule has 0 aliphatic heterocycles. The average molecular weight is 765 g/mol. The van der Waals surface area contributed by atoms with Crippen LogP contribution in [0.5, 0.6) is 0 Å². The van der Waals surface area contributed by atoms with Crippen LogP contribution in [0.25, 0.3) is 111 Å². The van der Waals surface area contributed by atoms with Gasteiger partial charge < -0.3 is 0 Å². The van der Waals surface area contributed by atoms with E-state index in [1.165, 1.54) is 38.2 Å². The molecule has 11 rings (SSSR count). The first-order valence-electron chi connectivity index (χ1n) is 20.2. The summed E-state index contributed by atoms with van der Waals surface area (Å²) in [5.41, 5.74) is 11.7. The lowest BCUT2D eigenvalue weighted by Gasteiger charge is -2.12. The second-order valence-electron chi connectivity index (χ2n) is 15.1. The van der Waals surface area contributed by atoms with E-state index in [1.807, 2.05) is 24.4 Å². The quantitative estimate of drug-likeness (QED) is 0.162. The lowest BCUT2D eigenvalue weighted by Crippen LogP contribution is -2.00. The van der Waals surface area contributed by atoms with E-state index < -0.39 is 0 Å². The van der Waals surface area contributed by atoms with E-state index in [1.54, 1.807) is 0 Å². The fourth-order valence-corrected chi connectivity index (χ4v) is 8.39. The third-order valence-electron chi connectivity index (χ3n) is 11.4. The topological polar surface area (TPSA) is 51.6 Å². The summed E-state index contributed by atoms with van der Waals surface area (Å²) < 4.78 is 0. The van der Waals surface area contributed by atoms with Gasteiger partial charge in [-0.2, -0.15) is 0 Å². The molecule has 60 heavy (non-hydrogen) atoms. The molecule has 2 aromatic heterocycles. The molecular weight excluding hydrogens is 729 g/mol. The number of rotatable bonds is 7. The third-order valence-corrected chi connectivity index (χ3v) is 11.4. The van der Waals surface area contributed by atoms with Crippen molar-refractivity contribution in [2.24, 2.45) is 0 Å². The SMILES string of the molecule is c1ccc(-c2cccc3cc(-c4nc(-c5cccc(-c6ccc(-c7cccc8ccccc78)cc6)c5)nc(-c5cccc(-c6cccc7ccccc67)c5)n4)ccc23)nc1.